The van der Waals surface area contributed by atoms with Crippen molar-refractivity contribution in [3.05, 3.63) is 64.5 Å². The quantitative estimate of drug-likeness (QED) is 0.436. The van der Waals surface area contributed by atoms with Gasteiger partial charge in [-0.05, 0) is 74.4 Å². The van der Waals surface area contributed by atoms with E-state index in [1.54, 1.807) is 11.3 Å². The number of carbonyl (C=O) groups excluding carboxylic acids is 1. The molecule has 3 aromatic rings. The number of piperidine rings is 2. The molecule has 0 saturated carbocycles. The summed E-state index contributed by atoms with van der Waals surface area (Å²) < 4.78 is 6.26. The number of carboxylic acids is 1. The van der Waals surface area contributed by atoms with E-state index >= 15 is 0 Å². The number of amides is 1. The molecule has 0 spiro atoms. The van der Waals surface area contributed by atoms with Crippen LogP contribution in [0.25, 0.3) is 11.3 Å². The van der Waals surface area contributed by atoms with Crippen molar-refractivity contribution >= 4 is 28.3 Å². The van der Waals surface area contributed by atoms with Gasteiger partial charge in [0.2, 0.25) is 0 Å². The predicted molar refractivity (Wildman–Crippen MR) is 145 cm³/mol. The standard InChI is InChI=1S/C29H33N3O4S/c1-20-17-22(27(33)31-13-5-2-6-14-31)9-10-23(20)18-36-26-8-4-3-7-24(26)25-19-37-29(30-25)32-15-11-21(12-16-32)28(34)35/h3-4,7-10,17,19,21H,2,5-6,11-16,18H2,1H3,(H,34,35). The highest BCUT2D eigenvalue weighted by Crippen LogP contribution is 2.35. The molecule has 8 heteroatoms. The third-order valence-corrected chi connectivity index (χ3v) is 8.29. The number of aryl methyl sites for hydroxylation is 1. The minimum Gasteiger partial charge on any atom is -0.488 e. The molecular weight excluding hydrogens is 486 g/mol. The maximum absolute atomic E-state index is 12.9. The van der Waals surface area contributed by atoms with E-state index in [0.717, 1.165) is 64.8 Å². The van der Waals surface area contributed by atoms with Crippen LogP contribution in [0.2, 0.25) is 0 Å². The molecule has 3 heterocycles. The van der Waals surface area contributed by atoms with Crippen LogP contribution >= 0.6 is 11.3 Å². The first-order chi connectivity index (χ1) is 18.0. The van der Waals surface area contributed by atoms with E-state index in [-0.39, 0.29) is 11.8 Å². The van der Waals surface area contributed by atoms with Gasteiger partial charge in [0.25, 0.3) is 5.91 Å². The van der Waals surface area contributed by atoms with Crippen LogP contribution in [0.3, 0.4) is 0 Å². The molecule has 1 amide bonds. The molecule has 0 radical (unpaired) electrons. The number of ether oxygens (including phenoxy) is 1. The summed E-state index contributed by atoms with van der Waals surface area (Å²) in [7, 11) is 0. The number of anilines is 1. The number of likely N-dealkylation sites (tertiary alicyclic amines) is 1. The number of rotatable bonds is 7. The Bertz CT molecular complexity index is 1260. The minimum atomic E-state index is -0.705. The second-order valence-electron chi connectivity index (χ2n) is 9.89. The van der Waals surface area contributed by atoms with Gasteiger partial charge >= 0.3 is 5.97 Å². The molecule has 2 fully saturated rings. The topological polar surface area (TPSA) is 83.0 Å². The Hall–Kier alpha value is -3.39. The summed E-state index contributed by atoms with van der Waals surface area (Å²) >= 11 is 1.58. The minimum absolute atomic E-state index is 0.118. The first kappa shape index (κ1) is 25.3. The Labute approximate surface area is 221 Å². The Morgan fingerprint density at radius 3 is 2.54 bits per heavy atom. The Morgan fingerprint density at radius 1 is 1.05 bits per heavy atom. The summed E-state index contributed by atoms with van der Waals surface area (Å²) in [6.07, 6.45) is 4.66. The van der Waals surface area contributed by atoms with Gasteiger partial charge in [0.15, 0.2) is 5.13 Å². The van der Waals surface area contributed by atoms with E-state index in [1.165, 1.54) is 6.42 Å². The van der Waals surface area contributed by atoms with E-state index in [0.29, 0.717) is 32.5 Å². The molecule has 194 valence electrons. The van der Waals surface area contributed by atoms with E-state index in [9.17, 15) is 14.7 Å². The predicted octanol–water partition coefficient (Wildman–Crippen LogP) is 5.62. The van der Waals surface area contributed by atoms with Gasteiger partial charge in [0.05, 0.1) is 11.6 Å². The number of aromatic nitrogens is 1. The number of hydrogen-bond acceptors (Lipinski definition) is 6. The highest BCUT2D eigenvalue weighted by Gasteiger charge is 2.26. The number of carbonyl (C=O) groups is 2. The zero-order valence-electron chi connectivity index (χ0n) is 21.2. The number of nitrogens with zero attached hydrogens (tertiary/aromatic N) is 3. The monoisotopic (exact) mass is 519 g/mol. The van der Waals surface area contributed by atoms with E-state index < -0.39 is 5.97 Å². The third-order valence-electron chi connectivity index (χ3n) is 7.39. The molecule has 5 rings (SSSR count). The van der Waals surface area contributed by atoms with E-state index in [4.69, 9.17) is 9.72 Å². The second-order valence-corrected chi connectivity index (χ2v) is 10.7. The largest absolute Gasteiger partial charge is 0.488 e. The fraction of sp³-hybridized carbons (Fsp3) is 0.414. The lowest BCUT2D eigenvalue weighted by atomic mass is 9.97. The molecule has 0 unspecified atom stereocenters. The average molecular weight is 520 g/mol. The molecule has 2 aliphatic heterocycles. The summed E-state index contributed by atoms with van der Waals surface area (Å²) in [6, 6.07) is 13.8. The number of aliphatic carboxylic acids is 1. The summed E-state index contributed by atoms with van der Waals surface area (Å²) in [4.78, 5) is 33.1. The summed E-state index contributed by atoms with van der Waals surface area (Å²) in [5.74, 6) is -0.0850. The van der Waals surface area contributed by atoms with Crippen molar-refractivity contribution in [2.24, 2.45) is 5.92 Å². The maximum Gasteiger partial charge on any atom is 0.306 e. The van der Waals surface area contributed by atoms with Crippen LogP contribution in [0.5, 0.6) is 5.75 Å². The van der Waals surface area contributed by atoms with Gasteiger partial charge in [0.1, 0.15) is 12.4 Å². The van der Waals surface area contributed by atoms with Crippen LogP contribution < -0.4 is 9.64 Å². The number of para-hydroxylation sites is 1. The van der Waals surface area contributed by atoms with Gasteiger partial charge in [-0.15, -0.1) is 11.3 Å². The van der Waals surface area contributed by atoms with Crippen molar-refractivity contribution in [3.63, 3.8) is 0 Å². The van der Waals surface area contributed by atoms with Gasteiger partial charge < -0.3 is 19.6 Å². The lowest BCUT2D eigenvalue weighted by Gasteiger charge is -2.29. The van der Waals surface area contributed by atoms with Crippen LogP contribution in [0.4, 0.5) is 5.13 Å². The third kappa shape index (κ3) is 5.80. The van der Waals surface area contributed by atoms with Gasteiger partial charge in [-0.1, -0.05) is 18.2 Å². The van der Waals surface area contributed by atoms with Gasteiger partial charge in [0, 0.05) is 42.7 Å². The molecule has 0 aliphatic carbocycles. The number of carboxylic acid groups (broad SMARTS) is 1. The maximum atomic E-state index is 12.9. The molecule has 0 atom stereocenters. The molecule has 2 saturated heterocycles. The molecule has 0 bridgehead atoms. The first-order valence-corrected chi connectivity index (χ1v) is 13.9. The fourth-order valence-electron chi connectivity index (χ4n) is 5.08. The average Bonchev–Trinajstić information content (AvgIpc) is 3.43. The zero-order chi connectivity index (χ0) is 25.8. The van der Waals surface area contributed by atoms with Crippen LogP contribution in [0.15, 0.2) is 47.8 Å². The Balaban J connectivity index is 1.25. The summed E-state index contributed by atoms with van der Waals surface area (Å²) in [6.45, 7) is 5.53. The van der Waals surface area contributed by atoms with Crippen LogP contribution in [0.1, 0.15) is 53.6 Å². The molecule has 7 nitrogen and oxygen atoms in total. The summed E-state index contributed by atoms with van der Waals surface area (Å²) in [5, 5.41) is 12.2. The Morgan fingerprint density at radius 2 is 1.81 bits per heavy atom. The zero-order valence-corrected chi connectivity index (χ0v) is 22.0. The molecule has 2 aliphatic rings. The molecular formula is C29H33N3O4S. The van der Waals surface area contributed by atoms with Crippen molar-refractivity contribution < 1.29 is 19.4 Å². The van der Waals surface area contributed by atoms with Crippen LogP contribution in [-0.2, 0) is 11.4 Å². The molecule has 37 heavy (non-hydrogen) atoms. The fourth-order valence-corrected chi connectivity index (χ4v) is 5.96. The van der Waals surface area contributed by atoms with Crippen LogP contribution in [-0.4, -0.2) is 53.0 Å². The number of hydrogen-bond donors (Lipinski definition) is 1. The van der Waals surface area contributed by atoms with Crippen molar-refractivity contribution in [2.45, 2.75) is 45.6 Å². The number of benzene rings is 2. The SMILES string of the molecule is Cc1cc(C(=O)N2CCCCC2)ccc1COc1ccccc1-c1csc(N2CCC(C(=O)O)CC2)n1. The first-order valence-electron chi connectivity index (χ1n) is 13.0. The normalized spacial score (nSPS) is 16.6. The van der Waals surface area contributed by atoms with Crippen LogP contribution in [0, 0.1) is 12.8 Å². The van der Waals surface area contributed by atoms with Gasteiger partial charge in [-0.3, -0.25) is 9.59 Å². The lowest BCUT2D eigenvalue weighted by Crippen LogP contribution is -2.36. The van der Waals surface area contributed by atoms with E-state index in [1.807, 2.05) is 59.7 Å². The van der Waals surface area contributed by atoms with Gasteiger partial charge in [-0.2, -0.15) is 0 Å². The highest BCUT2D eigenvalue weighted by molar-refractivity contribution is 7.14. The van der Waals surface area contributed by atoms with Crippen molar-refractivity contribution in [1.29, 1.82) is 0 Å². The molecule has 1 aromatic heterocycles. The Kier molecular flexibility index (Phi) is 7.74. The van der Waals surface area contributed by atoms with Gasteiger partial charge in [-0.25, -0.2) is 4.98 Å². The number of thiazole rings is 1. The molecule has 2 aromatic carbocycles. The second kappa shape index (κ2) is 11.3. The van der Waals surface area contributed by atoms with Crippen molar-refractivity contribution in [2.75, 3.05) is 31.1 Å². The van der Waals surface area contributed by atoms with Crippen molar-refractivity contribution in [1.82, 2.24) is 9.88 Å². The van der Waals surface area contributed by atoms with E-state index in [2.05, 4.69) is 4.90 Å². The molecule has 1 N–H and O–H groups in total. The summed E-state index contributed by atoms with van der Waals surface area (Å²) in [5.41, 5.74) is 4.62. The van der Waals surface area contributed by atoms with Crippen molar-refractivity contribution in [3.8, 4) is 17.0 Å². The lowest BCUT2D eigenvalue weighted by molar-refractivity contribution is -0.142. The highest BCUT2D eigenvalue weighted by atomic mass is 32.1. The smallest absolute Gasteiger partial charge is 0.306 e.